The number of para-hydroxylation sites is 2. The van der Waals surface area contributed by atoms with Crippen LogP contribution in [0.3, 0.4) is 0 Å². The summed E-state index contributed by atoms with van der Waals surface area (Å²) >= 11 is 0. The average Bonchev–Trinajstić information content (AvgIpc) is 2.66. The molecule has 5 heteroatoms. The Bertz CT molecular complexity index is 746. The van der Waals surface area contributed by atoms with Crippen LogP contribution in [0.4, 0.5) is 0 Å². The molecule has 1 aliphatic heterocycles. The molecule has 1 N–H and O–H groups in total. The first-order chi connectivity index (χ1) is 12.6. The molecule has 0 spiro atoms. The van der Waals surface area contributed by atoms with Crippen molar-refractivity contribution in [1.82, 2.24) is 10.2 Å². The minimum Gasteiger partial charge on any atom is -0.493 e. The Morgan fingerprint density at radius 1 is 1.19 bits per heavy atom. The van der Waals surface area contributed by atoms with E-state index in [1.54, 1.807) is 14.1 Å². The van der Waals surface area contributed by atoms with Gasteiger partial charge in [0.1, 0.15) is 11.5 Å². The average molecular weight is 354 g/mol. The van der Waals surface area contributed by atoms with Gasteiger partial charge in [-0.05, 0) is 24.1 Å². The molecule has 0 saturated carbocycles. The summed E-state index contributed by atoms with van der Waals surface area (Å²) in [6, 6.07) is 16.1. The zero-order valence-electron chi connectivity index (χ0n) is 15.4. The number of nitrogens with zero attached hydrogens (tertiary/aromatic N) is 1. The summed E-state index contributed by atoms with van der Waals surface area (Å²) in [4.78, 5) is 13.2. The summed E-state index contributed by atoms with van der Waals surface area (Å²) in [5.74, 6) is 2.16. The number of rotatable bonds is 7. The third-order valence-electron chi connectivity index (χ3n) is 4.53. The summed E-state index contributed by atoms with van der Waals surface area (Å²) in [7, 11) is 3.45. The van der Waals surface area contributed by atoms with E-state index in [0.717, 1.165) is 36.6 Å². The SMILES string of the molecule is CN(C)C(=O)COc1ccccc1CNC[C@@H]1COc2ccccc2C1. The van der Waals surface area contributed by atoms with E-state index in [1.165, 1.54) is 10.5 Å². The van der Waals surface area contributed by atoms with Gasteiger partial charge in [0.2, 0.25) is 0 Å². The molecule has 1 heterocycles. The smallest absolute Gasteiger partial charge is 0.259 e. The van der Waals surface area contributed by atoms with Gasteiger partial charge < -0.3 is 19.7 Å². The van der Waals surface area contributed by atoms with Crippen LogP contribution in [0.15, 0.2) is 48.5 Å². The number of fused-ring (bicyclic) bond motifs is 1. The van der Waals surface area contributed by atoms with Gasteiger partial charge >= 0.3 is 0 Å². The van der Waals surface area contributed by atoms with Gasteiger partial charge in [0.25, 0.3) is 5.91 Å². The molecule has 0 unspecified atom stereocenters. The van der Waals surface area contributed by atoms with E-state index < -0.39 is 0 Å². The summed E-state index contributed by atoms with van der Waals surface area (Å²) in [5.41, 5.74) is 2.33. The topological polar surface area (TPSA) is 50.8 Å². The van der Waals surface area contributed by atoms with Gasteiger partial charge in [-0.1, -0.05) is 36.4 Å². The van der Waals surface area contributed by atoms with Crippen molar-refractivity contribution in [3.8, 4) is 11.5 Å². The van der Waals surface area contributed by atoms with Gasteiger partial charge in [0.15, 0.2) is 6.61 Å². The Kier molecular flexibility index (Phi) is 6.12. The standard InChI is InChI=1S/C21H26N2O3/c1-23(2)21(24)15-26-20-10-6-4-8-18(20)13-22-12-16-11-17-7-3-5-9-19(17)25-14-16/h3-10,16,22H,11-15H2,1-2H3/t16-/m1/s1. The number of carbonyl (C=O) groups excluding carboxylic acids is 1. The molecule has 2 aromatic carbocycles. The number of likely N-dealkylation sites (N-methyl/N-ethyl adjacent to an activating group) is 1. The summed E-state index contributed by atoms with van der Waals surface area (Å²) in [6.07, 6.45) is 1.03. The highest BCUT2D eigenvalue weighted by Gasteiger charge is 2.19. The van der Waals surface area contributed by atoms with Crippen LogP contribution < -0.4 is 14.8 Å². The van der Waals surface area contributed by atoms with Crippen molar-refractivity contribution in [2.75, 3.05) is 33.9 Å². The molecule has 3 rings (SSSR count). The van der Waals surface area contributed by atoms with Crippen LogP contribution >= 0.6 is 0 Å². The lowest BCUT2D eigenvalue weighted by molar-refractivity contribution is -0.130. The third-order valence-corrected chi connectivity index (χ3v) is 4.53. The molecule has 1 amide bonds. The predicted octanol–water partition coefficient (Wildman–Crippen LogP) is 2.49. The first kappa shape index (κ1) is 18.3. The molecule has 0 saturated heterocycles. The number of hydrogen-bond donors (Lipinski definition) is 1. The third kappa shape index (κ3) is 4.76. The van der Waals surface area contributed by atoms with E-state index in [2.05, 4.69) is 17.4 Å². The van der Waals surface area contributed by atoms with Crippen LogP contribution in [0.2, 0.25) is 0 Å². The maximum absolute atomic E-state index is 11.7. The van der Waals surface area contributed by atoms with Gasteiger partial charge in [0.05, 0.1) is 6.61 Å². The number of carbonyl (C=O) groups is 1. The van der Waals surface area contributed by atoms with Crippen molar-refractivity contribution in [2.45, 2.75) is 13.0 Å². The number of benzene rings is 2. The quantitative estimate of drug-likeness (QED) is 0.830. The van der Waals surface area contributed by atoms with Crippen LogP contribution in [0.25, 0.3) is 0 Å². The molecule has 5 nitrogen and oxygen atoms in total. The largest absolute Gasteiger partial charge is 0.493 e. The van der Waals surface area contributed by atoms with E-state index in [9.17, 15) is 4.79 Å². The second-order valence-electron chi connectivity index (χ2n) is 6.80. The van der Waals surface area contributed by atoms with Crippen molar-refractivity contribution in [1.29, 1.82) is 0 Å². The molecule has 0 aromatic heterocycles. The minimum absolute atomic E-state index is 0.0502. The zero-order valence-corrected chi connectivity index (χ0v) is 15.4. The molecule has 0 aliphatic carbocycles. The summed E-state index contributed by atoms with van der Waals surface area (Å²) < 4.78 is 11.5. The van der Waals surface area contributed by atoms with E-state index in [1.807, 2.05) is 36.4 Å². The normalized spacial score (nSPS) is 15.7. The van der Waals surface area contributed by atoms with Gasteiger partial charge in [-0.2, -0.15) is 0 Å². The molecule has 26 heavy (non-hydrogen) atoms. The maximum atomic E-state index is 11.7. The van der Waals surface area contributed by atoms with E-state index >= 15 is 0 Å². The molecule has 0 bridgehead atoms. The molecular weight excluding hydrogens is 328 g/mol. The lowest BCUT2D eigenvalue weighted by Crippen LogP contribution is -2.31. The number of amides is 1. The van der Waals surface area contributed by atoms with Gasteiger partial charge in [-0.25, -0.2) is 0 Å². The Labute approximate surface area is 154 Å². The fourth-order valence-electron chi connectivity index (χ4n) is 2.99. The fourth-order valence-corrected chi connectivity index (χ4v) is 2.99. The van der Waals surface area contributed by atoms with Crippen LogP contribution in [0.1, 0.15) is 11.1 Å². The van der Waals surface area contributed by atoms with Gasteiger partial charge in [-0.15, -0.1) is 0 Å². The molecule has 138 valence electrons. The predicted molar refractivity (Wildman–Crippen MR) is 101 cm³/mol. The first-order valence-corrected chi connectivity index (χ1v) is 8.95. The molecular formula is C21H26N2O3. The Morgan fingerprint density at radius 3 is 2.81 bits per heavy atom. The van der Waals surface area contributed by atoms with Crippen LogP contribution in [0.5, 0.6) is 11.5 Å². The number of nitrogens with one attached hydrogen (secondary N) is 1. The number of ether oxygens (including phenoxy) is 2. The van der Waals surface area contributed by atoms with Crippen molar-refractivity contribution < 1.29 is 14.3 Å². The first-order valence-electron chi connectivity index (χ1n) is 8.95. The molecule has 2 aromatic rings. The van der Waals surface area contributed by atoms with Crippen LogP contribution in [-0.2, 0) is 17.8 Å². The number of hydrogen-bond acceptors (Lipinski definition) is 4. The van der Waals surface area contributed by atoms with Crippen LogP contribution in [0, 0.1) is 5.92 Å². The Balaban J connectivity index is 1.50. The lowest BCUT2D eigenvalue weighted by Gasteiger charge is -2.25. The Hall–Kier alpha value is -2.53. The molecule has 0 fully saturated rings. The Morgan fingerprint density at radius 2 is 1.96 bits per heavy atom. The van der Waals surface area contributed by atoms with Crippen LogP contribution in [-0.4, -0.2) is 44.7 Å². The lowest BCUT2D eigenvalue weighted by atomic mass is 9.97. The molecule has 0 radical (unpaired) electrons. The van der Waals surface area contributed by atoms with Crippen molar-refractivity contribution in [3.05, 3.63) is 59.7 Å². The van der Waals surface area contributed by atoms with Crippen molar-refractivity contribution in [2.24, 2.45) is 5.92 Å². The van der Waals surface area contributed by atoms with E-state index in [4.69, 9.17) is 9.47 Å². The maximum Gasteiger partial charge on any atom is 0.259 e. The monoisotopic (exact) mass is 354 g/mol. The van der Waals surface area contributed by atoms with Crippen molar-refractivity contribution >= 4 is 5.91 Å². The summed E-state index contributed by atoms with van der Waals surface area (Å²) in [5, 5.41) is 3.50. The van der Waals surface area contributed by atoms with Crippen molar-refractivity contribution in [3.63, 3.8) is 0 Å². The minimum atomic E-state index is -0.0502. The van der Waals surface area contributed by atoms with Gasteiger partial charge in [-0.3, -0.25) is 4.79 Å². The molecule has 1 aliphatic rings. The fraction of sp³-hybridized carbons (Fsp3) is 0.381. The highest BCUT2D eigenvalue weighted by molar-refractivity contribution is 5.77. The second kappa shape index (κ2) is 8.72. The zero-order chi connectivity index (χ0) is 18.4. The van der Waals surface area contributed by atoms with E-state index in [-0.39, 0.29) is 12.5 Å². The highest BCUT2D eigenvalue weighted by atomic mass is 16.5. The highest BCUT2D eigenvalue weighted by Crippen LogP contribution is 2.26. The molecule has 1 atom stereocenters. The van der Waals surface area contributed by atoms with E-state index in [0.29, 0.717) is 12.5 Å². The van der Waals surface area contributed by atoms with Gasteiger partial charge in [0, 0.05) is 38.7 Å². The summed E-state index contributed by atoms with van der Waals surface area (Å²) in [6.45, 7) is 2.36. The second-order valence-corrected chi connectivity index (χ2v) is 6.80.